The predicted octanol–water partition coefficient (Wildman–Crippen LogP) is 6.71. The lowest BCUT2D eigenvalue weighted by Crippen LogP contribution is -2.51. The predicted molar refractivity (Wildman–Crippen MR) is 139 cm³/mol. The molecule has 32 heavy (non-hydrogen) atoms. The number of halogens is 3. The Labute approximate surface area is 213 Å². The van der Waals surface area contributed by atoms with Gasteiger partial charge in [0, 0.05) is 22.8 Å². The average Bonchev–Trinajstić information content (AvgIpc) is 2.77. The van der Waals surface area contributed by atoms with E-state index in [-0.39, 0.29) is 23.6 Å². The third-order valence-corrected chi connectivity index (χ3v) is 7.39. The Hall–Kier alpha value is -1.21. The molecule has 4 nitrogen and oxygen atoms in total. The lowest BCUT2D eigenvalue weighted by atomic mass is 10.1. The fourth-order valence-corrected chi connectivity index (χ4v) is 4.57. The van der Waals surface area contributed by atoms with Crippen molar-refractivity contribution in [3.8, 4) is 0 Å². The molecule has 2 unspecified atom stereocenters. The first-order valence-corrected chi connectivity index (χ1v) is 13.3. The molecule has 0 bridgehead atoms. The van der Waals surface area contributed by atoms with Crippen molar-refractivity contribution in [1.82, 2.24) is 10.2 Å². The van der Waals surface area contributed by atoms with Crippen molar-refractivity contribution in [1.29, 1.82) is 0 Å². The highest BCUT2D eigenvalue weighted by Gasteiger charge is 2.29. The molecular weight excluding hydrogens is 531 g/mol. The SMILES string of the molecule is CCC(C)NC(=O)C(CC)N(Cc1ccc(Cl)c(Cl)c1)C(=O)CSCc1ccc(Br)cc1. The van der Waals surface area contributed by atoms with Gasteiger partial charge in [0.1, 0.15) is 6.04 Å². The van der Waals surface area contributed by atoms with Crippen molar-refractivity contribution >= 4 is 62.7 Å². The molecule has 2 amide bonds. The van der Waals surface area contributed by atoms with Crippen LogP contribution in [0.2, 0.25) is 10.0 Å². The smallest absolute Gasteiger partial charge is 0.243 e. The van der Waals surface area contributed by atoms with Crippen LogP contribution in [0.5, 0.6) is 0 Å². The Bertz CT molecular complexity index is 911. The van der Waals surface area contributed by atoms with Gasteiger partial charge in [0.15, 0.2) is 0 Å². The van der Waals surface area contributed by atoms with Crippen molar-refractivity contribution < 1.29 is 9.59 Å². The van der Waals surface area contributed by atoms with E-state index in [0.29, 0.717) is 23.0 Å². The molecule has 0 aromatic heterocycles. The summed E-state index contributed by atoms with van der Waals surface area (Å²) in [6.45, 7) is 6.19. The van der Waals surface area contributed by atoms with Gasteiger partial charge in [0.25, 0.3) is 0 Å². The summed E-state index contributed by atoms with van der Waals surface area (Å²) < 4.78 is 1.02. The van der Waals surface area contributed by atoms with Crippen LogP contribution < -0.4 is 5.32 Å². The summed E-state index contributed by atoms with van der Waals surface area (Å²) in [6, 6.07) is 12.8. The molecule has 174 valence electrons. The maximum atomic E-state index is 13.3. The lowest BCUT2D eigenvalue weighted by molar-refractivity contribution is -0.139. The standard InChI is InChI=1S/C24H29BrCl2N2O2S/c1-4-16(3)28-24(31)22(5-2)29(13-18-8-11-20(26)21(27)12-18)23(30)15-32-14-17-6-9-19(25)10-7-17/h6-12,16,22H,4-5,13-15H2,1-3H3,(H,28,31). The number of hydrogen-bond acceptors (Lipinski definition) is 3. The molecule has 2 rings (SSSR count). The van der Waals surface area contributed by atoms with E-state index in [1.165, 1.54) is 11.8 Å². The van der Waals surface area contributed by atoms with Crippen molar-refractivity contribution in [2.75, 3.05) is 5.75 Å². The molecular formula is C24H29BrCl2N2O2S. The van der Waals surface area contributed by atoms with Crippen LogP contribution in [-0.4, -0.2) is 34.6 Å². The third kappa shape index (κ3) is 8.29. The number of carbonyl (C=O) groups excluding carboxylic acids is 2. The second kappa shape index (κ2) is 13.5. The first-order chi connectivity index (χ1) is 15.2. The van der Waals surface area contributed by atoms with Gasteiger partial charge in [-0.1, -0.05) is 71.2 Å². The minimum absolute atomic E-state index is 0.0465. The van der Waals surface area contributed by atoms with Crippen molar-refractivity contribution in [3.63, 3.8) is 0 Å². The molecule has 0 saturated carbocycles. The minimum Gasteiger partial charge on any atom is -0.352 e. The summed E-state index contributed by atoms with van der Waals surface area (Å²) in [6.07, 6.45) is 1.35. The molecule has 0 heterocycles. The quantitative estimate of drug-likeness (QED) is 0.333. The maximum absolute atomic E-state index is 13.3. The number of benzene rings is 2. The molecule has 2 aromatic rings. The second-order valence-corrected chi connectivity index (χ2v) is 10.3. The van der Waals surface area contributed by atoms with Gasteiger partial charge in [0.05, 0.1) is 15.8 Å². The zero-order chi connectivity index (χ0) is 23.7. The number of rotatable bonds is 11. The van der Waals surface area contributed by atoms with E-state index in [0.717, 1.165) is 27.8 Å². The second-order valence-electron chi connectivity index (χ2n) is 7.63. The lowest BCUT2D eigenvalue weighted by Gasteiger charge is -2.31. The molecule has 0 spiro atoms. The van der Waals surface area contributed by atoms with Crippen LogP contribution in [0.4, 0.5) is 0 Å². The van der Waals surface area contributed by atoms with Crippen LogP contribution in [0, 0.1) is 0 Å². The molecule has 0 aliphatic heterocycles. The first kappa shape index (κ1) is 27.0. The largest absolute Gasteiger partial charge is 0.352 e. The van der Waals surface area contributed by atoms with Crippen LogP contribution in [0.3, 0.4) is 0 Å². The van der Waals surface area contributed by atoms with Gasteiger partial charge >= 0.3 is 0 Å². The maximum Gasteiger partial charge on any atom is 0.243 e. The van der Waals surface area contributed by atoms with E-state index < -0.39 is 6.04 Å². The fourth-order valence-electron chi connectivity index (χ4n) is 3.12. The van der Waals surface area contributed by atoms with Crippen LogP contribution >= 0.6 is 50.9 Å². The number of nitrogens with zero attached hydrogens (tertiary/aromatic N) is 1. The zero-order valence-corrected chi connectivity index (χ0v) is 22.5. The molecule has 2 aromatic carbocycles. The Morgan fingerprint density at radius 1 is 1.03 bits per heavy atom. The Morgan fingerprint density at radius 3 is 2.28 bits per heavy atom. The van der Waals surface area contributed by atoms with Crippen LogP contribution in [0.25, 0.3) is 0 Å². The normalized spacial score (nSPS) is 12.8. The monoisotopic (exact) mass is 558 g/mol. The number of nitrogens with one attached hydrogen (secondary N) is 1. The van der Waals surface area contributed by atoms with Gasteiger partial charge in [-0.05, 0) is 55.2 Å². The Morgan fingerprint density at radius 2 is 1.69 bits per heavy atom. The van der Waals surface area contributed by atoms with Gasteiger partial charge in [-0.2, -0.15) is 0 Å². The van der Waals surface area contributed by atoms with Crippen molar-refractivity contribution in [3.05, 3.63) is 68.1 Å². The Balaban J connectivity index is 2.16. The van der Waals surface area contributed by atoms with E-state index in [4.69, 9.17) is 23.2 Å². The van der Waals surface area contributed by atoms with Crippen molar-refractivity contribution in [2.24, 2.45) is 0 Å². The number of thioether (sulfide) groups is 1. The summed E-state index contributed by atoms with van der Waals surface area (Å²) in [5.41, 5.74) is 1.98. The fraction of sp³-hybridized carbons (Fsp3) is 0.417. The topological polar surface area (TPSA) is 49.4 Å². The molecule has 0 radical (unpaired) electrons. The molecule has 0 aliphatic carbocycles. The molecule has 1 N–H and O–H groups in total. The van der Waals surface area contributed by atoms with E-state index in [9.17, 15) is 9.59 Å². The van der Waals surface area contributed by atoms with Gasteiger partial charge in [0.2, 0.25) is 11.8 Å². The number of carbonyl (C=O) groups is 2. The highest BCUT2D eigenvalue weighted by atomic mass is 79.9. The average molecular weight is 560 g/mol. The number of amides is 2. The summed E-state index contributed by atoms with van der Waals surface area (Å²) in [5, 5.41) is 3.91. The Kier molecular flexibility index (Phi) is 11.4. The highest BCUT2D eigenvalue weighted by Crippen LogP contribution is 2.25. The van der Waals surface area contributed by atoms with Gasteiger partial charge in [-0.15, -0.1) is 11.8 Å². The van der Waals surface area contributed by atoms with E-state index >= 15 is 0 Å². The molecule has 0 fully saturated rings. The molecule has 0 aliphatic rings. The summed E-state index contributed by atoms with van der Waals surface area (Å²) >= 11 is 17.2. The van der Waals surface area contributed by atoms with E-state index in [1.807, 2.05) is 51.1 Å². The summed E-state index contributed by atoms with van der Waals surface area (Å²) in [5.74, 6) is 0.789. The third-order valence-electron chi connectivity index (χ3n) is 5.13. The van der Waals surface area contributed by atoms with Gasteiger partial charge in [-0.3, -0.25) is 9.59 Å². The molecule has 8 heteroatoms. The van der Waals surface area contributed by atoms with Gasteiger partial charge in [-0.25, -0.2) is 0 Å². The molecule has 2 atom stereocenters. The summed E-state index contributed by atoms with van der Waals surface area (Å²) in [4.78, 5) is 27.9. The van der Waals surface area contributed by atoms with E-state index in [2.05, 4.69) is 21.2 Å². The minimum atomic E-state index is -0.556. The van der Waals surface area contributed by atoms with Gasteiger partial charge < -0.3 is 10.2 Å². The summed E-state index contributed by atoms with van der Waals surface area (Å²) in [7, 11) is 0. The number of hydrogen-bond donors (Lipinski definition) is 1. The van der Waals surface area contributed by atoms with Crippen LogP contribution in [-0.2, 0) is 21.9 Å². The molecule has 0 saturated heterocycles. The van der Waals surface area contributed by atoms with Crippen molar-refractivity contribution in [2.45, 2.75) is 58.0 Å². The van der Waals surface area contributed by atoms with Crippen LogP contribution in [0.15, 0.2) is 46.9 Å². The van der Waals surface area contributed by atoms with E-state index in [1.54, 1.807) is 17.0 Å². The highest BCUT2D eigenvalue weighted by molar-refractivity contribution is 9.10. The van der Waals surface area contributed by atoms with Crippen LogP contribution in [0.1, 0.15) is 44.7 Å². The first-order valence-electron chi connectivity index (χ1n) is 10.6. The zero-order valence-electron chi connectivity index (χ0n) is 18.5.